The predicted octanol–water partition coefficient (Wildman–Crippen LogP) is 2.53. The number of aliphatic carboxylic acids is 1. The number of hydrogen-bond donors (Lipinski definition) is 4. The molecule has 0 saturated carbocycles. The zero-order valence-corrected chi connectivity index (χ0v) is 22.0. The molecule has 0 unspecified atom stereocenters. The molecule has 1 aromatic carbocycles. The van der Waals surface area contributed by atoms with Crippen LogP contribution in [0.3, 0.4) is 0 Å². The largest absolute Gasteiger partial charge is 0.490 e. The second kappa shape index (κ2) is 12.9. The van der Waals surface area contributed by atoms with Crippen molar-refractivity contribution in [2.75, 3.05) is 42.3 Å². The summed E-state index contributed by atoms with van der Waals surface area (Å²) >= 11 is 1.09. The highest BCUT2D eigenvalue weighted by Gasteiger charge is 2.38. The number of alkyl halides is 3. The first-order chi connectivity index (χ1) is 17.6. The number of halogens is 3. The van der Waals surface area contributed by atoms with Gasteiger partial charge < -0.3 is 20.4 Å². The molecule has 1 fully saturated rings. The third-order valence-corrected chi connectivity index (χ3v) is 7.78. The SMILES string of the molecule is CC(C)NC(=O)CN1CCN(c2ccc(C(=O)O)cc2NS(=O)(=O)c2cccs2)CC1.O=C(O)C(F)(F)F. The van der Waals surface area contributed by atoms with Gasteiger partial charge in [0.1, 0.15) is 4.21 Å². The molecule has 0 bridgehead atoms. The summed E-state index contributed by atoms with van der Waals surface area (Å²) in [4.78, 5) is 36.4. The lowest BCUT2D eigenvalue weighted by Gasteiger charge is -2.36. The van der Waals surface area contributed by atoms with E-state index in [1.54, 1.807) is 17.5 Å². The molecule has 3 rings (SSSR count). The number of sulfonamides is 1. The average Bonchev–Trinajstić information content (AvgIpc) is 3.35. The summed E-state index contributed by atoms with van der Waals surface area (Å²) in [7, 11) is -3.83. The number of benzene rings is 1. The molecular formula is C22H27F3N4O7S2. The van der Waals surface area contributed by atoms with Crippen LogP contribution < -0.4 is 14.9 Å². The zero-order valence-electron chi connectivity index (χ0n) is 20.4. The number of amides is 1. The van der Waals surface area contributed by atoms with Gasteiger partial charge in [0, 0.05) is 32.2 Å². The lowest BCUT2D eigenvalue weighted by Crippen LogP contribution is -2.50. The van der Waals surface area contributed by atoms with Crippen molar-refractivity contribution >= 4 is 50.6 Å². The van der Waals surface area contributed by atoms with Crippen LogP contribution in [-0.2, 0) is 19.6 Å². The van der Waals surface area contributed by atoms with Crippen LogP contribution in [0.15, 0.2) is 39.9 Å². The highest BCUT2D eigenvalue weighted by atomic mass is 32.2. The number of carbonyl (C=O) groups excluding carboxylic acids is 1. The van der Waals surface area contributed by atoms with Crippen LogP contribution in [0.5, 0.6) is 0 Å². The smallest absolute Gasteiger partial charge is 0.478 e. The normalized spacial score (nSPS) is 14.4. The van der Waals surface area contributed by atoms with Crippen molar-refractivity contribution in [2.24, 2.45) is 0 Å². The molecule has 1 aliphatic heterocycles. The van der Waals surface area contributed by atoms with Crippen molar-refractivity contribution in [1.82, 2.24) is 10.2 Å². The Hall–Kier alpha value is -3.37. The summed E-state index contributed by atoms with van der Waals surface area (Å²) < 4.78 is 59.9. The van der Waals surface area contributed by atoms with Crippen LogP contribution in [0.2, 0.25) is 0 Å². The number of anilines is 2. The molecule has 210 valence electrons. The first-order valence-corrected chi connectivity index (χ1v) is 13.5. The molecule has 11 nitrogen and oxygen atoms in total. The average molecular weight is 581 g/mol. The molecule has 0 radical (unpaired) electrons. The van der Waals surface area contributed by atoms with Crippen LogP contribution >= 0.6 is 11.3 Å². The lowest BCUT2D eigenvalue weighted by molar-refractivity contribution is -0.192. The molecule has 1 aromatic heterocycles. The van der Waals surface area contributed by atoms with Gasteiger partial charge in [0.05, 0.1) is 23.5 Å². The number of carboxylic acid groups (broad SMARTS) is 2. The van der Waals surface area contributed by atoms with Gasteiger partial charge in [0.15, 0.2) is 0 Å². The van der Waals surface area contributed by atoms with Gasteiger partial charge in [0.2, 0.25) is 5.91 Å². The number of thiophene rings is 1. The summed E-state index contributed by atoms with van der Waals surface area (Å²) in [6.07, 6.45) is -5.08. The number of piperazine rings is 1. The van der Waals surface area contributed by atoms with Gasteiger partial charge in [0.25, 0.3) is 10.0 Å². The van der Waals surface area contributed by atoms with Gasteiger partial charge in [-0.1, -0.05) is 6.07 Å². The summed E-state index contributed by atoms with van der Waals surface area (Å²) in [5.41, 5.74) is 0.826. The van der Waals surface area contributed by atoms with Gasteiger partial charge in [-0.2, -0.15) is 13.2 Å². The van der Waals surface area contributed by atoms with E-state index in [9.17, 15) is 36.3 Å². The monoisotopic (exact) mass is 580 g/mol. The third kappa shape index (κ3) is 9.18. The second-order valence-corrected chi connectivity index (χ2v) is 11.2. The zero-order chi connectivity index (χ0) is 28.7. The number of carbonyl (C=O) groups is 3. The molecule has 1 amide bonds. The molecule has 2 heterocycles. The maximum Gasteiger partial charge on any atom is 0.490 e. The Morgan fingerprint density at radius 1 is 1.08 bits per heavy atom. The van der Waals surface area contributed by atoms with E-state index in [-0.39, 0.29) is 27.4 Å². The molecular weight excluding hydrogens is 553 g/mol. The molecule has 4 N–H and O–H groups in total. The van der Waals surface area contributed by atoms with Crippen molar-refractivity contribution in [3.05, 3.63) is 41.3 Å². The highest BCUT2D eigenvalue weighted by Crippen LogP contribution is 2.31. The van der Waals surface area contributed by atoms with Crippen LogP contribution in [0.1, 0.15) is 24.2 Å². The van der Waals surface area contributed by atoms with E-state index < -0.39 is 28.1 Å². The van der Waals surface area contributed by atoms with Crippen LogP contribution in [0.25, 0.3) is 0 Å². The number of aromatic carboxylic acids is 1. The van der Waals surface area contributed by atoms with E-state index >= 15 is 0 Å². The van der Waals surface area contributed by atoms with Gasteiger partial charge in [-0.05, 0) is 43.5 Å². The molecule has 2 aromatic rings. The van der Waals surface area contributed by atoms with E-state index in [0.717, 1.165) is 11.3 Å². The fraction of sp³-hybridized carbons (Fsp3) is 0.409. The third-order valence-electron chi connectivity index (χ3n) is 5.02. The molecule has 1 aliphatic rings. The highest BCUT2D eigenvalue weighted by molar-refractivity contribution is 7.94. The Morgan fingerprint density at radius 2 is 1.68 bits per heavy atom. The molecule has 0 spiro atoms. The number of rotatable bonds is 8. The Morgan fingerprint density at radius 3 is 2.16 bits per heavy atom. The maximum absolute atomic E-state index is 12.7. The van der Waals surface area contributed by atoms with E-state index in [2.05, 4.69) is 10.0 Å². The van der Waals surface area contributed by atoms with Gasteiger partial charge in [-0.25, -0.2) is 18.0 Å². The summed E-state index contributed by atoms with van der Waals surface area (Å²) in [6.45, 7) is 6.55. The maximum atomic E-state index is 12.7. The Kier molecular flexibility index (Phi) is 10.5. The van der Waals surface area contributed by atoms with Gasteiger partial charge >= 0.3 is 18.1 Å². The Labute approximate surface area is 220 Å². The fourth-order valence-electron chi connectivity index (χ4n) is 3.36. The molecule has 0 aliphatic carbocycles. The minimum absolute atomic E-state index is 0.00313. The quantitative estimate of drug-likeness (QED) is 0.368. The standard InChI is InChI=1S/C20H26N4O5S2.C2HF3O2/c1-14(2)21-18(25)13-23-7-9-24(10-8-23)17-6-5-15(20(26)27)12-16(17)22-31(28,29)19-4-3-11-30-19;3-2(4,5)1(6)7/h3-6,11-12,14,22H,7-10,13H2,1-2H3,(H,21,25)(H,26,27);(H,6,7). The van der Waals surface area contributed by atoms with Gasteiger partial charge in [-0.3, -0.25) is 14.4 Å². The molecule has 0 atom stereocenters. The second-order valence-electron chi connectivity index (χ2n) is 8.36. The number of nitrogens with zero attached hydrogens (tertiary/aromatic N) is 2. The number of nitrogens with one attached hydrogen (secondary N) is 2. The van der Waals surface area contributed by atoms with E-state index in [1.807, 2.05) is 23.6 Å². The lowest BCUT2D eigenvalue weighted by atomic mass is 10.1. The minimum Gasteiger partial charge on any atom is -0.478 e. The first-order valence-electron chi connectivity index (χ1n) is 11.1. The molecule has 16 heteroatoms. The Balaban J connectivity index is 0.000000638. The van der Waals surface area contributed by atoms with Crippen molar-refractivity contribution in [3.8, 4) is 0 Å². The van der Waals surface area contributed by atoms with E-state index in [0.29, 0.717) is 38.4 Å². The first kappa shape index (κ1) is 30.9. The molecule has 38 heavy (non-hydrogen) atoms. The summed E-state index contributed by atoms with van der Waals surface area (Å²) in [5.74, 6) is -3.92. The van der Waals surface area contributed by atoms with E-state index in [4.69, 9.17) is 9.90 Å². The summed E-state index contributed by atoms with van der Waals surface area (Å²) in [6, 6.07) is 7.64. The fourth-order valence-corrected chi connectivity index (χ4v) is 5.41. The van der Waals surface area contributed by atoms with Crippen molar-refractivity contribution < 1.29 is 46.2 Å². The summed E-state index contributed by atoms with van der Waals surface area (Å²) in [5, 5.41) is 21.0. The van der Waals surface area contributed by atoms with Crippen LogP contribution in [0.4, 0.5) is 24.5 Å². The topological polar surface area (TPSA) is 156 Å². The number of carboxylic acids is 2. The van der Waals surface area contributed by atoms with Crippen molar-refractivity contribution in [2.45, 2.75) is 30.3 Å². The Bertz CT molecular complexity index is 1230. The van der Waals surface area contributed by atoms with Crippen LogP contribution in [0, 0.1) is 0 Å². The predicted molar refractivity (Wildman–Crippen MR) is 134 cm³/mol. The van der Waals surface area contributed by atoms with E-state index in [1.165, 1.54) is 18.2 Å². The van der Waals surface area contributed by atoms with Crippen LogP contribution in [-0.4, -0.2) is 86.3 Å². The van der Waals surface area contributed by atoms with Gasteiger partial charge in [-0.15, -0.1) is 11.3 Å². The molecule has 1 saturated heterocycles. The van der Waals surface area contributed by atoms with Crippen molar-refractivity contribution in [3.63, 3.8) is 0 Å². The van der Waals surface area contributed by atoms with Crippen molar-refractivity contribution in [1.29, 1.82) is 0 Å². The minimum atomic E-state index is -5.08. The number of hydrogen-bond acceptors (Lipinski definition) is 8.